The molecule has 3 rings (SSSR count). The highest BCUT2D eigenvalue weighted by molar-refractivity contribution is 5.77. The molecule has 0 bridgehead atoms. The smallest absolute Gasteiger partial charge is 0.303 e. The van der Waals surface area contributed by atoms with Crippen LogP contribution in [-0.2, 0) is 19.2 Å². The van der Waals surface area contributed by atoms with Gasteiger partial charge in [-0.1, -0.05) is 182 Å². The van der Waals surface area contributed by atoms with E-state index in [4.69, 9.17) is 24.8 Å². The Morgan fingerprint density at radius 3 is 1.06 bits per heavy atom. The fraction of sp³-hybridized carbons (Fsp3) is 0.692. The lowest BCUT2D eigenvalue weighted by Gasteiger charge is -2.05. The first kappa shape index (κ1) is 61.6. The van der Waals surface area contributed by atoms with Crippen LogP contribution in [0.1, 0.15) is 233 Å². The average molecular weight is 902 g/mol. The van der Waals surface area contributed by atoms with Gasteiger partial charge in [0.2, 0.25) is 0 Å². The predicted molar refractivity (Wildman–Crippen MR) is 260 cm³/mol. The third-order valence-corrected chi connectivity index (χ3v) is 10.3. The van der Waals surface area contributed by atoms with Gasteiger partial charge in [-0.25, -0.2) is 4.98 Å². The molecule has 1 aliphatic heterocycles. The van der Waals surface area contributed by atoms with Gasteiger partial charge in [-0.2, -0.15) is 0 Å². The average Bonchev–Trinajstić information content (AvgIpc) is 3.25. The van der Waals surface area contributed by atoms with E-state index in [2.05, 4.69) is 32.7 Å². The number of unbranched alkanes of at least 4 members (excludes halogenated alkanes) is 24. The molecule has 0 atom stereocenters. The standard InChI is InChI=1S/C12H7NO3.4C10H20O2/c14-7-1-3-9-11(5-7)16-12-6-8(15)2-4-10(12)13-9;4*1-2-3-4-5-6-7-8-9-10(11)12/h1-6,14H;4*2-9H2,1H3,(H,11,12). The molecule has 366 valence electrons. The molecule has 1 heterocycles. The molecule has 0 aromatic heterocycles. The molecule has 0 saturated carbocycles. The van der Waals surface area contributed by atoms with Gasteiger partial charge in [0.15, 0.2) is 16.8 Å². The Morgan fingerprint density at radius 1 is 0.438 bits per heavy atom. The number of benzene rings is 2. The molecule has 64 heavy (non-hydrogen) atoms. The normalized spacial score (nSPS) is 10.3. The number of phenolic OH excluding ortho intramolecular Hbond substituents is 1. The second-order valence-electron chi connectivity index (χ2n) is 16.6. The maximum atomic E-state index is 11.1. The van der Waals surface area contributed by atoms with E-state index in [0.717, 1.165) is 51.4 Å². The van der Waals surface area contributed by atoms with Gasteiger partial charge in [-0.05, 0) is 49.9 Å². The number of aromatic hydroxyl groups is 1. The second-order valence-corrected chi connectivity index (χ2v) is 16.6. The zero-order chi connectivity index (χ0) is 48.1. The van der Waals surface area contributed by atoms with Crippen molar-refractivity contribution in [2.45, 2.75) is 233 Å². The molecule has 0 spiro atoms. The number of carboxylic acid groups (broad SMARTS) is 4. The fourth-order valence-electron chi connectivity index (χ4n) is 6.53. The van der Waals surface area contributed by atoms with Crippen molar-refractivity contribution < 1.29 is 49.1 Å². The zero-order valence-corrected chi connectivity index (χ0v) is 40.2. The van der Waals surface area contributed by atoms with Crippen molar-refractivity contribution in [3.63, 3.8) is 0 Å². The quantitative estimate of drug-likeness (QED) is 0.0292. The summed E-state index contributed by atoms with van der Waals surface area (Å²) in [5, 5.41) is 42.7. The van der Waals surface area contributed by atoms with E-state index in [0.29, 0.717) is 48.2 Å². The van der Waals surface area contributed by atoms with Gasteiger partial charge in [0.25, 0.3) is 0 Å². The Morgan fingerprint density at radius 2 is 0.750 bits per heavy atom. The first-order valence-electron chi connectivity index (χ1n) is 24.7. The molecule has 1 aromatic rings. The number of phenols is 1. The Bertz CT molecular complexity index is 1490. The van der Waals surface area contributed by atoms with Crippen LogP contribution in [0.25, 0.3) is 22.6 Å². The highest BCUT2D eigenvalue weighted by Crippen LogP contribution is 2.25. The summed E-state index contributed by atoms with van der Waals surface area (Å²) in [6.45, 7) is 8.80. The van der Waals surface area contributed by atoms with Crippen LogP contribution in [0.2, 0.25) is 0 Å². The molecule has 1 aromatic carbocycles. The van der Waals surface area contributed by atoms with Gasteiger partial charge >= 0.3 is 23.9 Å². The highest BCUT2D eigenvalue weighted by atomic mass is 16.4. The Balaban J connectivity index is 0. The van der Waals surface area contributed by atoms with E-state index in [-0.39, 0.29) is 11.2 Å². The Kier molecular flexibility index (Phi) is 43.4. The number of aliphatic carboxylic acids is 4. The summed E-state index contributed by atoms with van der Waals surface area (Å²) in [6, 6.07) is 9.12. The van der Waals surface area contributed by atoms with E-state index in [1.165, 1.54) is 147 Å². The van der Waals surface area contributed by atoms with Gasteiger partial charge in [0.05, 0.1) is 0 Å². The van der Waals surface area contributed by atoms with Crippen LogP contribution in [0.5, 0.6) is 5.75 Å². The number of nitrogens with zero attached hydrogens (tertiary/aromatic N) is 1. The molecule has 12 nitrogen and oxygen atoms in total. The van der Waals surface area contributed by atoms with Crippen LogP contribution < -0.4 is 5.43 Å². The number of rotatable bonds is 32. The van der Waals surface area contributed by atoms with Gasteiger partial charge < -0.3 is 29.9 Å². The second kappa shape index (κ2) is 45.1. The first-order valence-corrected chi connectivity index (χ1v) is 24.7. The van der Waals surface area contributed by atoms with Crippen molar-refractivity contribution >= 4 is 35.0 Å². The zero-order valence-electron chi connectivity index (χ0n) is 40.2. The van der Waals surface area contributed by atoms with E-state index in [1.54, 1.807) is 18.2 Å². The predicted octanol–water partition coefficient (Wildman–Crippen LogP) is 14.8. The highest BCUT2D eigenvalue weighted by Gasteiger charge is 2.09. The SMILES string of the molecule is CCCCCCCCCC(=O)O.CCCCCCCCCC(=O)O.CCCCCCCCCC(=O)O.CCCCCCCCCC(=O)O.O=c1ccc2nc3ccc(O)cc3oc-2c1. The molecule has 1 aliphatic carbocycles. The van der Waals surface area contributed by atoms with Crippen molar-refractivity contribution in [1.82, 2.24) is 4.98 Å². The van der Waals surface area contributed by atoms with Crippen molar-refractivity contribution in [2.24, 2.45) is 0 Å². The van der Waals surface area contributed by atoms with Crippen LogP contribution in [-0.4, -0.2) is 54.4 Å². The van der Waals surface area contributed by atoms with Gasteiger partial charge in [0, 0.05) is 37.8 Å². The summed E-state index contributed by atoms with van der Waals surface area (Å²) in [4.78, 5) is 56.0. The molecule has 0 fully saturated rings. The molecule has 5 N–H and O–H groups in total. The topological polar surface area (TPSA) is 213 Å². The van der Waals surface area contributed by atoms with E-state index in [9.17, 15) is 29.1 Å². The number of fused-ring (bicyclic) bond motifs is 2. The van der Waals surface area contributed by atoms with Crippen molar-refractivity contribution in [3.8, 4) is 17.2 Å². The molecular formula is C52H87NO11. The fourth-order valence-corrected chi connectivity index (χ4v) is 6.53. The number of aromatic nitrogens is 1. The number of carbonyl (C=O) groups is 4. The van der Waals surface area contributed by atoms with Crippen LogP contribution >= 0.6 is 0 Å². The van der Waals surface area contributed by atoms with Gasteiger partial charge in [-0.3, -0.25) is 24.0 Å². The van der Waals surface area contributed by atoms with Crippen LogP contribution in [0.3, 0.4) is 0 Å². The molecule has 2 aliphatic rings. The summed E-state index contributed by atoms with van der Waals surface area (Å²) < 4.78 is 5.49. The van der Waals surface area contributed by atoms with Crippen LogP contribution in [0, 0.1) is 0 Å². The summed E-state index contributed by atoms with van der Waals surface area (Å²) in [5.74, 6) is -2.12. The third kappa shape index (κ3) is 42.8. The molecule has 12 heteroatoms. The maximum Gasteiger partial charge on any atom is 0.303 e. The molecule has 0 saturated heterocycles. The van der Waals surface area contributed by atoms with E-state index >= 15 is 0 Å². The van der Waals surface area contributed by atoms with Crippen molar-refractivity contribution in [2.75, 3.05) is 0 Å². The summed E-state index contributed by atoms with van der Waals surface area (Å²) in [5.41, 5.74) is 1.59. The lowest BCUT2D eigenvalue weighted by molar-refractivity contribution is -0.138. The van der Waals surface area contributed by atoms with E-state index < -0.39 is 23.9 Å². The maximum absolute atomic E-state index is 11.1. The van der Waals surface area contributed by atoms with Gasteiger partial charge in [0.1, 0.15) is 17.0 Å². The Labute approximate surface area is 385 Å². The Hall–Kier alpha value is -4.48. The molecule has 0 unspecified atom stereocenters. The van der Waals surface area contributed by atoms with Crippen LogP contribution in [0.15, 0.2) is 45.6 Å². The monoisotopic (exact) mass is 902 g/mol. The minimum absolute atomic E-state index is 0.107. The number of hydrogen-bond donors (Lipinski definition) is 5. The minimum Gasteiger partial charge on any atom is -0.508 e. The lowest BCUT2D eigenvalue weighted by atomic mass is 10.1. The third-order valence-electron chi connectivity index (χ3n) is 10.3. The van der Waals surface area contributed by atoms with Crippen LogP contribution in [0.4, 0.5) is 0 Å². The summed E-state index contributed by atoms with van der Waals surface area (Å²) >= 11 is 0. The lowest BCUT2D eigenvalue weighted by Crippen LogP contribution is -1.99. The number of carboxylic acids is 4. The molecular weight excluding hydrogens is 815 g/mol. The van der Waals surface area contributed by atoms with E-state index in [1.807, 2.05) is 0 Å². The summed E-state index contributed by atoms with van der Waals surface area (Å²) in [6.07, 6.45) is 34.6. The first-order chi connectivity index (χ1) is 30.8. The number of hydrogen-bond acceptors (Lipinski definition) is 8. The van der Waals surface area contributed by atoms with Crippen molar-refractivity contribution in [1.29, 1.82) is 0 Å². The van der Waals surface area contributed by atoms with Gasteiger partial charge in [-0.15, -0.1) is 0 Å². The van der Waals surface area contributed by atoms with Crippen molar-refractivity contribution in [3.05, 3.63) is 46.6 Å². The molecule has 0 amide bonds. The molecule has 0 radical (unpaired) electrons. The summed E-state index contributed by atoms with van der Waals surface area (Å²) in [7, 11) is 0. The largest absolute Gasteiger partial charge is 0.508 e. The minimum atomic E-state index is -0.663.